The van der Waals surface area contributed by atoms with Crippen molar-refractivity contribution in [1.29, 1.82) is 0 Å². The molecule has 3 aliphatic rings. The Hall–Kier alpha value is -0.0500. The molecule has 23 heavy (non-hydrogen) atoms. The number of hydrogen-bond donors (Lipinski definition) is 2. The molecule has 3 rings (SSSR count). The highest BCUT2D eigenvalue weighted by atomic mass is 127. The first-order chi connectivity index (χ1) is 10.6. The molecule has 4 atom stereocenters. The topological polar surface area (TPSA) is 70.6 Å². The van der Waals surface area contributed by atoms with E-state index in [0.29, 0.717) is 24.1 Å². The molecule has 0 aromatic carbocycles. The lowest BCUT2D eigenvalue weighted by Gasteiger charge is -2.25. The molecule has 2 saturated carbocycles. The van der Waals surface area contributed by atoms with Crippen LogP contribution in [0.25, 0.3) is 0 Å². The highest BCUT2D eigenvalue weighted by Gasteiger charge is 2.39. The zero-order valence-corrected chi connectivity index (χ0v) is 17.1. The Labute approximate surface area is 157 Å². The zero-order chi connectivity index (χ0) is 15.6. The first kappa shape index (κ1) is 19.3. The molecule has 0 spiro atoms. The Morgan fingerprint density at radius 2 is 2.04 bits per heavy atom. The second-order valence-electron chi connectivity index (χ2n) is 7.31. The van der Waals surface area contributed by atoms with E-state index in [4.69, 9.17) is 0 Å². The lowest BCUT2D eigenvalue weighted by molar-refractivity contribution is 0.387. The number of rotatable bonds is 5. The van der Waals surface area contributed by atoms with Gasteiger partial charge >= 0.3 is 0 Å². The van der Waals surface area contributed by atoms with Gasteiger partial charge in [0.25, 0.3) is 0 Å². The molecular formula is C16H30IN3O2S. The number of aliphatic imine (C=N–C) groups is 1. The van der Waals surface area contributed by atoms with Crippen molar-refractivity contribution in [3.63, 3.8) is 0 Å². The molecular weight excluding hydrogens is 425 g/mol. The van der Waals surface area contributed by atoms with Crippen LogP contribution < -0.4 is 10.6 Å². The fraction of sp³-hybridized carbons (Fsp3) is 0.938. The van der Waals surface area contributed by atoms with Gasteiger partial charge in [-0.1, -0.05) is 13.3 Å². The molecule has 0 aromatic heterocycles. The molecule has 3 fully saturated rings. The van der Waals surface area contributed by atoms with Crippen LogP contribution in [0, 0.1) is 17.8 Å². The van der Waals surface area contributed by atoms with Crippen molar-refractivity contribution in [3.05, 3.63) is 0 Å². The largest absolute Gasteiger partial charge is 0.356 e. The summed E-state index contributed by atoms with van der Waals surface area (Å²) in [6.45, 7) is 3.68. The molecule has 1 saturated heterocycles. The van der Waals surface area contributed by atoms with Crippen LogP contribution in [-0.4, -0.2) is 45.0 Å². The average molecular weight is 455 g/mol. The summed E-state index contributed by atoms with van der Waals surface area (Å²) in [5.74, 6) is 3.46. The van der Waals surface area contributed by atoms with Gasteiger partial charge in [0.05, 0.1) is 11.5 Å². The van der Waals surface area contributed by atoms with Gasteiger partial charge in [-0.3, -0.25) is 4.99 Å². The predicted molar refractivity (Wildman–Crippen MR) is 105 cm³/mol. The molecule has 1 aliphatic heterocycles. The normalized spacial score (nSPS) is 35.1. The van der Waals surface area contributed by atoms with Crippen molar-refractivity contribution in [2.24, 2.45) is 22.7 Å². The van der Waals surface area contributed by atoms with E-state index in [0.717, 1.165) is 37.2 Å². The first-order valence-electron chi connectivity index (χ1n) is 8.81. The van der Waals surface area contributed by atoms with Gasteiger partial charge in [0.2, 0.25) is 0 Å². The number of fused-ring (bicyclic) bond motifs is 2. The first-order valence-corrected chi connectivity index (χ1v) is 10.6. The lowest BCUT2D eigenvalue weighted by atomic mass is 9.95. The number of guanidine groups is 1. The van der Waals surface area contributed by atoms with Crippen LogP contribution in [0.1, 0.15) is 45.4 Å². The minimum atomic E-state index is -2.80. The fourth-order valence-electron chi connectivity index (χ4n) is 4.23. The van der Waals surface area contributed by atoms with Crippen LogP contribution in [0.4, 0.5) is 0 Å². The molecule has 1 heterocycles. The summed E-state index contributed by atoms with van der Waals surface area (Å²) >= 11 is 0. The maximum Gasteiger partial charge on any atom is 0.191 e. The van der Waals surface area contributed by atoms with Crippen molar-refractivity contribution < 1.29 is 8.42 Å². The van der Waals surface area contributed by atoms with Crippen LogP contribution in [-0.2, 0) is 9.84 Å². The van der Waals surface area contributed by atoms with Gasteiger partial charge in [-0.05, 0) is 49.9 Å². The van der Waals surface area contributed by atoms with E-state index >= 15 is 0 Å². The van der Waals surface area contributed by atoms with Crippen LogP contribution in [0.5, 0.6) is 0 Å². The Morgan fingerprint density at radius 1 is 1.22 bits per heavy atom. The van der Waals surface area contributed by atoms with E-state index in [1.807, 2.05) is 0 Å². The van der Waals surface area contributed by atoms with Crippen molar-refractivity contribution in [3.8, 4) is 0 Å². The third kappa shape index (κ3) is 5.21. The molecule has 7 heteroatoms. The van der Waals surface area contributed by atoms with Gasteiger partial charge in [0, 0.05) is 19.1 Å². The zero-order valence-electron chi connectivity index (χ0n) is 14.0. The third-order valence-electron chi connectivity index (χ3n) is 5.44. The lowest BCUT2D eigenvalue weighted by Crippen LogP contribution is -2.46. The van der Waals surface area contributed by atoms with Gasteiger partial charge in [-0.15, -0.1) is 24.0 Å². The molecule has 2 bridgehead atoms. The van der Waals surface area contributed by atoms with Crippen molar-refractivity contribution in [1.82, 2.24) is 10.6 Å². The second-order valence-corrected chi connectivity index (χ2v) is 9.54. The van der Waals surface area contributed by atoms with Crippen LogP contribution in [0.2, 0.25) is 0 Å². The van der Waals surface area contributed by atoms with E-state index in [2.05, 4.69) is 22.5 Å². The van der Waals surface area contributed by atoms with Gasteiger partial charge in [-0.25, -0.2) is 8.42 Å². The Kier molecular flexibility index (Phi) is 7.01. The van der Waals surface area contributed by atoms with E-state index in [1.165, 1.54) is 25.7 Å². The maximum atomic E-state index is 11.5. The molecule has 134 valence electrons. The molecule has 0 radical (unpaired) electrons. The van der Waals surface area contributed by atoms with Crippen molar-refractivity contribution in [2.75, 3.05) is 24.6 Å². The van der Waals surface area contributed by atoms with Crippen LogP contribution in [0.15, 0.2) is 4.99 Å². The van der Waals surface area contributed by atoms with E-state index in [-0.39, 0.29) is 29.9 Å². The maximum absolute atomic E-state index is 11.5. The van der Waals surface area contributed by atoms with Crippen LogP contribution in [0.3, 0.4) is 0 Å². The number of halogens is 1. The third-order valence-corrected chi connectivity index (χ3v) is 7.27. The van der Waals surface area contributed by atoms with E-state index in [9.17, 15) is 8.42 Å². The quantitative estimate of drug-likeness (QED) is 0.379. The smallest absolute Gasteiger partial charge is 0.191 e. The summed E-state index contributed by atoms with van der Waals surface area (Å²) in [6, 6.07) is 0.564. The summed E-state index contributed by atoms with van der Waals surface area (Å²) in [6.07, 6.45) is 7.23. The monoisotopic (exact) mass is 455 g/mol. The predicted octanol–water partition coefficient (Wildman–Crippen LogP) is 2.17. The second kappa shape index (κ2) is 8.36. The fourth-order valence-corrected chi connectivity index (χ4v) is 6.08. The molecule has 2 aliphatic carbocycles. The number of hydrogen-bond acceptors (Lipinski definition) is 3. The minimum Gasteiger partial charge on any atom is -0.356 e. The summed E-state index contributed by atoms with van der Waals surface area (Å²) in [5.41, 5.74) is 0. The number of nitrogens with one attached hydrogen (secondary N) is 2. The Balaban J connectivity index is 0.00000192. The summed E-state index contributed by atoms with van der Waals surface area (Å²) < 4.78 is 23.1. The van der Waals surface area contributed by atoms with Gasteiger partial charge in [-0.2, -0.15) is 0 Å². The SMILES string of the molecule is CCCNC(=NCC1CCS(=O)(=O)C1)NC1CC2CCC1C2.I. The van der Waals surface area contributed by atoms with E-state index < -0.39 is 9.84 Å². The molecule has 0 aromatic rings. The molecule has 4 unspecified atom stereocenters. The highest BCUT2D eigenvalue weighted by Crippen LogP contribution is 2.44. The minimum absolute atomic E-state index is 0. The summed E-state index contributed by atoms with van der Waals surface area (Å²) in [4.78, 5) is 4.69. The molecule has 2 N–H and O–H groups in total. The van der Waals surface area contributed by atoms with Crippen LogP contribution >= 0.6 is 24.0 Å². The standard InChI is InChI=1S/C16H29N3O2S.HI/c1-2-6-17-16(18-10-13-5-7-22(20,21)11-13)19-15-9-12-3-4-14(15)8-12;/h12-15H,2-11H2,1H3,(H2,17,18,19);1H. The molecule has 5 nitrogen and oxygen atoms in total. The number of sulfone groups is 1. The van der Waals surface area contributed by atoms with Gasteiger partial charge < -0.3 is 10.6 Å². The highest BCUT2D eigenvalue weighted by molar-refractivity contribution is 14.0. The number of nitrogens with zero attached hydrogens (tertiary/aromatic N) is 1. The van der Waals surface area contributed by atoms with Gasteiger partial charge in [0.15, 0.2) is 15.8 Å². The molecule has 0 amide bonds. The van der Waals surface area contributed by atoms with Gasteiger partial charge in [0.1, 0.15) is 0 Å². The van der Waals surface area contributed by atoms with Crippen molar-refractivity contribution in [2.45, 2.75) is 51.5 Å². The summed E-state index contributed by atoms with van der Waals surface area (Å²) in [5, 5.41) is 7.01. The van der Waals surface area contributed by atoms with E-state index in [1.54, 1.807) is 0 Å². The Morgan fingerprint density at radius 3 is 2.61 bits per heavy atom. The summed E-state index contributed by atoms with van der Waals surface area (Å²) in [7, 11) is -2.80. The average Bonchev–Trinajstić information content (AvgIpc) is 3.17. The Bertz CT molecular complexity index is 523. The van der Waals surface area contributed by atoms with Crippen molar-refractivity contribution >= 4 is 39.8 Å².